The highest BCUT2D eigenvalue weighted by atomic mass is 16.3. The van der Waals surface area contributed by atoms with E-state index in [0.29, 0.717) is 0 Å². The number of carbonyl (C=O) groups is 1. The summed E-state index contributed by atoms with van der Waals surface area (Å²) in [6, 6.07) is 0. The van der Waals surface area contributed by atoms with Gasteiger partial charge in [-0.2, -0.15) is 0 Å². The second-order valence-corrected chi connectivity index (χ2v) is 0.207. The van der Waals surface area contributed by atoms with Crippen LogP contribution in [0.3, 0.4) is 0 Å². The van der Waals surface area contributed by atoms with Crippen LogP contribution in [0.1, 0.15) is 0 Å². The van der Waals surface area contributed by atoms with Crippen molar-refractivity contribution in [2.75, 3.05) is 0 Å². The van der Waals surface area contributed by atoms with Crippen molar-refractivity contribution >= 4 is 12.6 Å². The van der Waals surface area contributed by atoms with Crippen molar-refractivity contribution in [2.24, 2.45) is 0 Å². The third-order valence-corrected chi connectivity index (χ3v) is 0. The zero-order valence-electron chi connectivity index (χ0n) is 2.84. The van der Waals surface area contributed by atoms with Crippen LogP contribution in [-0.2, 0) is 9.59 Å². The van der Waals surface area contributed by atoms with E-state index in [9.17, 15) is 0 Å². The molecule has 6 heavy (non-hydrogen) atoms. The van der Waals surface area contributed by atoms with Crippen molar-refractivity contribution in [1.29, 1.82) is 5.41 Å². The maximum atomic E-state index is 8.36. The molecular weight excluding hydrogens is 86.0 g/mol. The summed E-state index contributed by atoms with van der Waals surface area (Å²) in [6.45, 7) is -0.250. The third-order valence-electron chi connectivity index (χ3n) is 0. The molecule has 0 saturated heterocycles. The Morgan fingerprint density at radius 2 is 1.83 bits per heavy atom. The van der Waals surface area contributed by atoms with Gasteiger partial charge in [-0.25, -0.2) is 10.2 Å². The van der Waals surface area contributed by atoms with Crippen LogP contribution in [0.15, 0.2) is 0 Å². The molecule has 0 spiro atoms. The van der Waals surface area contributed by atoms with E-state index in [1.165, 1.54) is 0 Å². The number of carboxylic acid groups (broad SMARTS) is 1. The fraction of sp³-hybridized carbons (Fsp3) is 0. The minimum absolute atomic E-state index is 0.250. The van der Waals surface area contributed by atoms with E-state index >= 15 is 0 Å². The molecule has 0 aromatic carbocycles. The predicted octanol–water partition coefficient (Wildman–Crippen LogP) is -0.398. The first-order chi connectivity index (χ1) is 2.83. The zero-order valence-corrected chi connectivity index (χ0v) is 2.84. The summed E-state index contributed by atoms with van der Waals surface area (Å²) in [5.41, 5.74) is 0. The van der Waals surface area contributed by atoms with Gasteiger partial charge in [0.15, 0.2) is 0 Å². The Morgan fingerprint density at radius 3 is 1.83 bits per heavy atom. The molecule has 0 rings (SSSR count). The van der Waals surface area contributed by atoms with Crippen molar-refractivity contribution in [3.8, 4) is 0 Å². The van der Waals surface area contributed by atoms with Gasteiger partial charge in [-0.05, 0) is 0 Å². The Kier molecular flexibility index (Phi) is 63.8. The lowest BCUT2D eigenvalue weighted by Crippen LogP contribution is -1.49. The second-order valence-electron chi connectivity index (χ2n) is 0.207. The first-order valence-electron chi connectivity index (χ1n) is 0.948. The molecule has 0 aromatic heterocycles. The van der Waals surface area contributed by atoms with Crippen LogP contribution in [-0.4, -0.2) is 17.7 Å². The molecule has 4 nitrogen and oxygen atoms in total. The number of isocyanates is 1. The fourth-order valence-electron chi connectivity index (χ4n) is 0. The lowest BCUT2D eigenvalue weighted by Gasteiger charge is -1.34. The highest BCUT2D eigenvalue weighted by Crippen LogP contribution is 0.966. The molecule has 0 amide bonds. The highest BCUT2D eigenvalue weighted by molar-refractivity contribution is 5.32. The van der Waals surface area contributed by atoms with E-state index in [4.69, 9.17) is 20.1 Å². The molecule has 34 valence electrons. The number of carbonyl (C=O) groups excluding carboxylic acids is 1. The van der Waals surface area contributed by atoms with Gasteiger partial charge >= 0.3 is 0 Å². The topological polar surface area (TPSA) is 78.2 Å². The number of hydrogen-bond acceptors (Lipinski definition) is 3. The van der Waals surface area contributed by atoms with Crippen molar-refractivity contribution in [2.45, 2.75) is 0 Å². The first kappa shape index (κ1) is 8.85. The molecule has 0 heterocycles. The maximum Gasteiger partial charge on any atom is 0.290 e. The van der Waals surface area contributed by atoms with E-state index in [1.54, 1.807) is 0 Å². The molecule has 0 radical (unpaired) electrons. The van der Waals surface area contributed by atoms with Gasteiger partial charge in [-0.15, -0.1) is 0 Å². The molecule has 4 heteroatoms. The molecule has 2 N–H and O–H groups in total. The van der Waals surface area contributed by atoms with Gasteiger partial charge in [-0.1, -0.05) is 0 Å². The van der Waals surface area contributed by atoms with Gasteiger partial charge < -0.3 is 5.11 Å². The van der Waals surface area contributed by atoms with Crippen molar-refractivity contribution in [3.63, 3.8) is 0 Å². The maximum absolute atomic E-state index is 8.36. The summed E-state index contributed by atoms with van der Waals surface area (Å²) in [6.07, 6.45) is 0.750. The second kappa shape index (κ2) is 43.3. The predicted molar refractivity (Wildman–Crippen MR) is 17.1 cm³/mol. The van der Waals surface area contributed by atoms with Crippen LogP contribution in [0.4, 0.5) is 0 Å². The molecule has 0 bridgehead atoms. The van der Waals surface area contributed by atoms with Crippen LogP contribution in [0.5, 0.6) is 0 Å². The molecule has 0 saturated carbocycles. The van der Waals surface area contributed by atoms with Crippen LogP contribution in [0.2, 0.25) is 0 Å². The van der Waals surface area contributed by atoms with Gasteiger partial charge in [0.2, 0.25) is 6.08 Å². The largest absolute Gasteiger partial charge is 0.483 e. The zero-order chi connectivity index (χ0) is 5.41. The minimum atomic E-state index is -0.250. The van der Waals surface area contributed by atoms with Crippen LogP contribution in [0, 0.1) is 5.41 Å². The standard InChI is InChI=1S/CHNO.CH2O2/c2*2-1-3/h2H;1H,(H,2,3). The van der Waals surface area contributed by atoms with Crippen molar-refractivity contribution < 1.29 is 14.7 Å². The van der Waals surface area contributed by atoms with E-state index in [1.807, 2.05) is 0 Å². The normalized spacial score (nSPS) is 3.33. The molecule has 0 atom stereocenters. The number of rotatable bonds is 0. The Balaban J connectivity index is 0. The quantitative estimate of drug-likeness (QED) is 0.241. The van der Waals surface area contributed by atoms with E-state index in [2.05, 4.69) is 0 Å². The average molecular weight is 89.0 g/mol. The SMILES string of the molecule is N=C=O.O=CO. The Hall–Kier alpha value is -1.15. The van der Waals surface area contributed by atoms with E-state index in [-0.39, 0.29) is 6.47 Å². The van der Waals surface area contributed by atoms with Crippen LogP contribution < -0.4 is 0 Å². The number of hydrogen-bond donors (Lipinski definition) is 2. The Bertz CT molecular complexity index is 53.8. The third kappa shape index (κ3) is 7.38. The Morgan fingerprint density at radius 1 is 1.83 bits per heavy atom. The van der Waals surface area contributed by atoms with Crippen molar-refractivity contribution in [1.82, 2.24) is 0 Å². The van der Waals surface area contributed by atoms with Gasteiger partial charge in [0.25, 0.3) is 6.47 Å². The van der Waals surface area contributed by atoms with Crippen molar-refractivity contribution in [3.05, 3.63) is 0 Å². The molecule has 0 aliphatic rings. The summed E-state index contributed by atoms with van der Waals surface area (Å²) in [5.74, 6) is 0. The number of nitrogens with one attached hydrogen (secondary N) is 1. The van der Waals surface area contributed by atoms with E-state index in [0.717, 1.165) is 6.08 Å². The lowest BCUT2D eigenvalue weighted by molar-refractivity contribution is -0.122. The van der Waals surface area contributed by atoms with Crippen LogP contribution in [0.25, 0.3) is 0 Å². The highest BCUT2D eigenvalue weighted by Gasteiger charge is 1.22. The van der Waals surface area contributed by atoms with E-state index < -0.39 is 0 Å². The lowest BCUT2D eigenvalue weighted by atomic mass is 11.7. The van der Waals surface area contributed by atoms with Gasteiger partial charge in [0.1, 0.15) is 0 Å². The Labute approximate surface area is 33.9 Å². The van der Waals surface area contributed by atoms with Gasteiger partial charge in [0.05, 0.1) is 0 Å². The van der Waals surface area contributed by atoms with Gasteiger partial charge in [0, 0.05) is 0 Å². The molecule has 0 aromatic rings. The molecule has 0 aliphatic carbocycles. The van der Waals surface area contributed by atoms with Crippen LogP contribution >= 0.6 is 0 Å². The monoisotopic (exact) mass is 89.0 g/mol. The molecule has 0 aliphatic heterocycles. The smallest absolute Gasteiger partial charge is 0.290 e. The summed E-state index contributed by atoms with van der Waals surface area (Å²) in [7, 11) is 0. The fourth-order valence-corrected chi connectivity index (χ4v) is 0. The average Bonchev–Trinajstić information content (AvgIpc) is 1.39. The summed E-state index contributed by atoms with van der Waals surface area (Å²) >= 11 is 0. The molecule has 0 unspecified atom stereocenters. The summed E-state index contributed by atoms with van der Waals surface area (Å²) in [5, 5.41) is 12.3. The molecular formula is C2H3NO3. The summed E-state index contributed by atoms with van der Waals surface area (Å²) in [4.78, 5) is 16.7. The minimum Gasteiger partial charge on any atom is -0.483 e. The first-order valence-corrected chi connectivity index (χ1v) is 0.948. The van der Waals surface area contributed by atoms with Gasteiger partial charge in [-0.3, -0.25) is 4.79 Å². The summed E-state index contributed by atoms with van der Waals surface area (Å²) < 4.78 is 0. The molecule has 0 fully saturated rings.